The van der Waals surface area contributed by atoms with Gasteiger partial charge in [-0.15, -0.1) is 0 Å². The van der Waals surface area contributed by atoms with Gasteiger partial charge in [0.25, 0.3) is 0 Å². The van der Waals surface area contributed by atoms with Gasteiger partial charge in [-0.25, -0.2) is 0 Å². The van der Waals surface area contributed by atoms with Crippen LogP contribution in [0.25, 0.3) is 0 Å². The molecule has 1 N–H and O–H groups in total. The van der Waals surface area contributed by atoms with E-state index in [9.17, 15) is 0 Å². The molecule has 0 amide bonds. The van der Waals surface area contributed by atoms with Crippen LogP contribution in [-0.2, 0) is 6.54 Å². The van der Waals surface area contributed by atoms with E-state index < -0.39 is 0 Å². The first-order valence-corrected chi connectivity index (χ1v) is 6.65. The highest BCUT2D eigenvalue weighted by Crippen LogP contribution is 2.24. The molecule has 0 aliphatic heterocycles. The van der Waals surface area contributed by atoms with Gasteiger partial charge >= 0.3 is 0 Å². The topological polar surface area (TPSA) is 24.5 Å². The molecular formula is C14H23ClN2O. The van der Waals surface area contributed by atoms with Crippen LogP contribution in [0.5, 0.6) is 5.75 Å². The van der Waals surface area contributed by atoms with Crippen LogP contribution in [0.15, 0.2) is 18.2 Å². The molecule has 0 radical (unpaired) electrons. The Labute approximate surface area is 115 Å². The highest BCUT2D eigenvalue weighted by molar-refractivity contribution is 6.32. The van der Waals surface area contributed by atoms with Crippen molar-refractivity contribution < 1.29 is 4.74 Å². The summed E-state index contributed by atoms with van der Waals surface area (Å²) in [4.78, 5) is 2.31. The minimum Gasteiger partial charge on any atom is -0.495 e. The predicted octanol–water partition coefficient (Wildman–Crippen LogP) is 2.78. The third kappa shape index (κ3) is 4.84. The zero-order chi connectivity index (χ0) is 13.5. The van der Waals surface area contributed by atoms with Crippen LogP contribution in [0.4, 0.5) is 0 Å². The van der Waals surface area contributed by atoms with E-state index in [0.29, 0.717) is 11.1 Å². The predicted molar refractivity (Wildman–Crippen MR) is 77.5 cm³/mol. The molecule has 0 saturated heterocycles. The van der Waals surface area contributed by atoms with Gasteiger partial charge in [0.05, 0.1) is 12.1 Å². The van der Waals surface area contributed by atoms with E-state index in [0.717, 1.165) is 25.4 Å². The number of benzene rings is 1. The molecule has 0 aliphatic rings. The van der Waals surface area contributed by atoms with Crippen molar-refractivity contribution in [1.29, 1.82) is 0 Å². The number of hydrogen-bond acceptors (Lipinski definition) is 3. The van der Waals surface area contributed by atoms with Crippen molar-refractivity contribution in [2.24, 2.45) is 0 Å². The van der Waals surface area contributed by atoms with Gasteiger partial charge in [-0.05, 0) is 38.6 Å². The van der Waals surface area contributed by atoms with Crippen molar-refractivity contribution in [3.05, 3.63) is 28.8 Å². The van der Waals surface area contributed by atoms with Gasteiger partial charge in [0.15, 0.2) is 0 Å². The molecule has 0 spiro atoms. The fraction of sp³-hybridized carbons (Fsp3) is 0.571. The Balaban J connectivity index is 2.33. The summed E-state index contributed by atoms with van der Waals surface area (Å²) in [6, 6.07) is 6.46. The Bertz CT molecular complexity index is 369. The van der Waals surface area contributed by atoms with Crippen LogP contribution in [0, 0.1) is 0 Å². The number of likely N-dealkylation sites (N-methyl/N-ethyl adjacent to an activating group) is 1. The summed E-state index contributed by atoms with van der Waals surface area (Å²) >= 11 is 6.07. The standard InChI is InChI=1S/C14H23ClN2O/c1-11(2)17(3)8-7-16-10-12-5-6-14(18-4)13(15)9-12/h5-6,9,11,16H,7-8,10H2,1-4H3. The maximum atomic E-state index is 6.07. The Hall–Kier alpha value is -0.770. The first-order valence-electron chi connectivity index (χ1n) is 6.28. The molecule has 0 bridgehead atoms. The van der Waals surface area contributed by atoms with Crippen LogP contribution in [-0.4, -0.2) is 38.2 Å². The Morgan fingerprint density at radius 1 is 1.39 bits per heavy atom. The van der Waals surface area contributed by atoms with Crippen LogP contribution in [0.1, 0.15) is 19.4 Å². The smallest absolute Gasteiger partial charge is 0.137 e. The lowest BCUT2D eigenvalue weighted by Gasteiger charge is -2.21. The van der Waals surface area contributed by atoms with Gasteiger partial charge in [0.1, 0.15) is 5.75 Å². The largest absolute Gasteiger partial charge is 0.495 e. The number of halogens is 1. The molecule has 0 aliphatic carbocycles. The summed E-state index contributed by atoms with van der Waals surface area (Å²) in [6.45, 7) is 7.24. The second-order valence-electron chi connectivity index (χ2n) is 4.72. The number of nitrogens with one attached hydrogen (secondary N) is 1. The van der Waals surface area contributed by atoms with Gasteiger partial charge in [-0.1, -0.05) is 17.7 Å². The minimum absolute atomic E-state index is 0.585. The van der Waals surface area contributed by atoms with E-state index in [2.05, 4.69) is 31.1 Å². The van der Waals surface area contributed by atoms with Gasteiger partial charge in [-0.2, -0.15) is 0 Å². The van der Waals surface area contributed by atoms with E-state index in [1.165, 1.54) is 5.56 Å². The first-order chi connectivity index (χ1) is 8.54. The number of nitrogens with zero attached hydrogens (tertiary/aromatic N) is 1. The van der Waals surface area contributed by atoms with Crippen molar-refractivity contribution in [1.82, 2.24) is 10.2 Å². The summed E-state index contributed by atoms with van der Waals surface area (Å²) in [5.74, 6) is 0.722. The zero-order valence-corrected chi connectivity index (χ0v) is 12.4. The van der Waals surface area contributed by atoms with Crippen LogP contribution >= 0.6 is 11.6 Å². The normalized spacial score (nSPS) is 11.3. The van der Waals surface area contributed by atoms with E-state index in [1.54, 1.807) is 7.11 Å². The van der Waals surface area contributed by atoms with Crippen molar-refractivity contribution in [3.63, 3.8) is 0 Å². The number of methoxy groups -OCH3 is 1. The minimum atomic E-state index is 0.585. The van der Waals surface area contributed by atoms with Crippen LogP contribution in [0.2, 0.25) is 5.02 Å². The number of rotatable bonds is 7. The molecule has 0 fully saturated rings. The van der Waals surface area contributed by atoms with Crippen molar-refractivity contribution in [2.75, 3.05) is 27.2 Å². The molecule has 0 heterocycles. The average molecular weight is 271 g/mol. The molecule has 4 heteroatoms. The van der Waals surface area contributed by atoms with Crippen LogP contribution < -0.4 is 10.1 Å². The lowest BCUT2D eigenvalue weighted by Crippen LogP contribution is -2.33. The molecule has 0 unspecified atom stereocenters. The quantitative estimate of drug-likeness (QED) is 0.771. The highest BCUT2D eigenvalue weighted by atomic mass is 35.5. The lowest BCUT2D eigenvalue weighted by molar-refractivity contribution is 0.273. The van der Waals surface area contributed by atoms with Gasteiger partial charge in [-0.3, -0.25) is 0 Å². The summed E-state index contributed by atoms with van der Waals surface area (Å²) in [7, 11) is 3.76. The van der Waals surface area contributed by atoms with E-state index in [-0.39, 0.29) is 0 Å². The Morgan fingerprint density at radius 2 is 2.11 bits per heavy atom. The highest BCUT2D eigenvalue weighted by Gasteiger charge is 2.03. The second-order valence-corrected chi connectivity index (χ2v) is 5.13. The summed E-state index contributed by atoms with van der Waals surface area (Å²) in [5.41, 5.74) is 1.17. The Kier molecular flexibility index (Phi) is 6.47. The molecule has 0 aromatic heterocycles. The van der Waals surface area contributed by atoms with E-state index in [4.69, 9.17) is 16.3 Å². The molecule has 1 rings (SSSR count). The summed E-state index contributed by atoms with van der Waals surface area (Å²) < 4.78 is 5.12. The third-order valence-corrected chi connectivity index (χ3v) is 3.36. The molecule has 18 heavy (non-hydrogen) atoms. The zero-order valence-electron chi connectivity index (χ0n) is 11.7. The first kappa shape index (κ1) is 15.3. The summed E-state index contributed by atoms with van der Waals surface area (Å²) in [6.07, 6.45) is 0. The number of hydrogen-bond donors (Lipinski definition) is 1. The van der Waals surface area contributed by atoms with Crippen LogP contribution in [0.3, 0.4) is 0 Å². The fourth-order valence-electron chi connectivity index (χ4n) is 1.57. The van der Waals surface area contributed by atoms with Gasteiger partial charge in [0, 0.05) is 25.7 Å². The molecule has 1 aromatic rings. The van der Waals surface area contributed by atoms with E-state index >= 15 is 0 Å². The lowest BCUT2D eigenvalue weighted by atomic mass is 10.2. The maximum absolute atomic E-state index is 6.07. The molecule has 3 nitrogen and oxygen atoms in total. The molecule has 0 saturated carbocycles. The SMILES string of the molecule is COc1ccc(CNCCN(C)C(C)C)cc1Cl. The van der Waals surface area contributed by atoms with Gasteiger partial charge < -0.3 is 15.0 Å². The fourth-order valence-corrected chi connectivity index (χ4v) is 1.85. The Morgan fingerprint density at radius 3 is 2.67 bits per heavy atom. The van der Waals surface area contributed by atoms with Crippen molar-refractivity contribution >= 4 is 11.6 Å². The van der Waals surface area contributed by atoms with Gasteiger partial charge in [0.2, 0.25) is 0 Å². The average Bonchev–Trinajstić information content (AvgIpc) is 2.34. The molecule has 0 atom stereocenters. The van der Waals surface area contributed by atoms with Crippen molar-refractivity contribution in [2.45, 2.75) is 26.4 Å². The molecule has 102 valence electrons. The second kappa shape index (κ2) is 7.62. The maximum Gasteiger partial charge on any atom is 0.137 e. The molecular weight excluding hydrogens is 248 g/mol. The number of ether oxygens (including phenoxy) is 1. The van der Waals surface area contributed by atoms with E-state index in [1.807, 2.05) is 18.2 Å². The third-order valence-electron chi connectivity index (χ3n) is 3.07. The van der Waals surface area contributed by atoms with Crippen molar-refractivity contribution in [3.8, 4) is 5.75 Å². The monoisotopic (exact) mass is 270 g/mol. The molecule has 1 aromatic carbocycles. The summed E-state index contributed by atoms with van der Waals surface area (Å²) in [5, 5.41) is 4.07.